The Morgan fingerprint density at radius 2 is 1.50 bits per heavy atom. The molecule has 2 aromatic carbocycles. The minimum atomic E-state index is -0.00328. The van der Waals surface area contributed by atoms with Crippen LogP contribution in [0.5, 0.6) is 0 Å². The van der Waals surface area contributed by atoms with Gasteiger partial charge in [-0.15, -0.1) is 0 Å². The number of rotatable bonds is 2. The van der Waals surface area contributed by atoms with Crippen LogP contribution in [0, 0.1) is 0 Å². The number of fused-ring (bicyclic) bond motifs is 3. The molecule has 0 spiro atoms. The molecule has 0 amide bonds. The highest BCUT2D eigenvalue weighted by molar-refractivity contribution is 5.85. The minimum Gasteiger partial charge on any atom is -0.274 e. The van der Waals surface area contributed by atoms with E-state index in [1.54, 1.807) is 4.68 Å². The van der Waals surface area contributed by atoms with Gasteiger partial charge in [-0.05, 0) is 48.9 Å². The van der Waals surface area contributed by atoms with E-state index in [0.717, 1.165) is 48.0 Å². The SMILES string of the molecule is O=c1c2c3c(c(-c4ccccc4)nc2[nH]n1-c1ccccc1)CCCC3. The average molecular weight is 341 g/mol. The predicted octanol–water partition coefficient (Wildman–Crippen LogP) is 4.26. The van der Waals surface area contributed by atoms with Gasteiger partial charge in [0, 0.05) is 5.56 Å². The van der Waals surface area contributed by atoms with Gasteiger partial charge in [0.05, 0.1) is 16.8 Å². The first kappa shape index (κ1) is 15.1. The molecule has 4 heteroatoms. The summed E-state index contributed by atoms with van der Waals surface area (Å²) in [4.78, 5) is 18.0. The third kappa shape index (κ3) is 2.30. The highest BCUT2D eigenvalue weighted by atomic mass is 16.1. The van der Waals surface area contributed by atoms with Crippen LogP contribution >= 0.6 is 0 Å². The molecule has 0 radical (unpaired) electrons. The first-order valence-corrected chi connectivity index (χ1v) is 9.10. The molecule has 4 aromatic rings. The van der Waals surface area contributed by atoms with Gasteiger partial charge in [0.1, 0.15) is 0 Å². The number of aromatic nitrogens is 3. The van der Waals surface area contributed by atoms with Crippen molar-refractivity contribution >= 4 is 11.0 Å². The quantitative estimate of drug-likeness (QED) is 0.592. The van der Waals surface area contributed by atoms with Crippen LogP contribution in [0.3, 0.4) is 0 Å². The van der Waals surface area contributed by atoms with Gasteiger partial charge in [-0.1, -0.05) is 48.5 Å². The van der Waals surface area contributed by atoms with Gasteiger partial charge in [0.2, 0.25) is 0 Å². The van der Waals surface area contributed by atoms with E-state index in [1.807, 2.05) is 48.5 Å². The number of pyridine rings is 1. The molecule has 1 N–H and O–H groups in total. The van der Waals surface area contributed by atoms with Crippen LogP contribution < -0.4 is 5.56 Å². The maximum absolute atomic E-state index is 13.1. The number of para-hydroxylation sites is 1. The van der Waals surface area contributed by atoms with Gasteiger partial charge in [0.15, 0.2) is 5.65 Å². The molecular weight excluding hydrogens is 322 g/mol. The Hall–Kier alpha value is -3.14. The fourth-order valence-electron chi connectivity index (χ4n) is 3.99. The van der Waals surface area contributed by atoms with Crippen LogP contribution in [-0.4, -0.2) is 14.8 Å². The van der Waals surface area contributed by atoms with Crippen LogP contribution in [0.25, 0.3) is 28.0 Å². The smallest absolute Gasteiger partial charge is 0.274 e. The Kier molecular flexibility index (Phi) is 3.49. The molecule has 1 aliphatic carbocycles. The van der Waals surface area contributed by atoms with Crippen molar-refractivity contribution in [1.82, 2.24) is 14.8 Å². The van der Waals surface area contributed by atoms with Gasteiger partial charge in [-0.25, -0.2) is 9.67 Å². The van der Waals surface area contributed by atoms with Crippen LogP contribution in [0.1, 0.15) is 24.0 Å². The molecule has 0 aliphatic heterocycles. The Labute approximate surface area is 151 Å². The first-order chi connectivity index (χ1) is 12.8. The maximum Gasteiger partial charge on any atom is 0.281 e. The van der Waals surface area contributed by atoms with Crippen molar-refractivity contribution in [1.29, 1.82) is 0 Å². The summed E-state index contributed by atoms with van der Waals surface area (Å²) in [5.74, 6) is 0. The van der Waals surface area contributed by atoms with Gasteiger partial charge in [0.25, 0.3) is 5.56 Å². The second-order valence-corrected chi connectivity index (χ2v) is 6.80. The number of aryl methyl sites for hydroxylation is 1. The summed E-state index contributed by atoms with van der Waals surface area (Å²) >= 11 is 0. The second kappa shape index (κ2) is 5.99. The first-order valence-electron chi connectivity index (χ1n) is 9.10. The van der Waals surface area contributed by atoms with Gasteiger partial charge >= 0.3 is 0 Å². The summed E-state index contributed by atoms with van der Waals surface area (Å²) in [7, 11) is 0. The van der Waals surface area contributed by atoms with Crippen molar-refractivity contribution in [3.8, 4) is 16.9 Å². The Balaban J connectivity index is 1.83. The zero-order chi connectivity index (χ0) is 17.5. The molecule has 2 heterocycles. The Morgan fingerprint density at radius 1 is 0.846 bits per heavy atom. The van der Waals surface area contributed by atoms with E-state index in [0.29, 0.717) is 5.65 Å². The molecule has 0 fully saturated rings. The summed E-state index contributed by atoms with van der Waals surface area (Å²) in [5, 5.41) is 3.99. The van der Waals surface area contributed by atoms with E-state index in [1.165, 1.54) is 11.1 Å². The Bertz CT molecular complexity index is 1140. The highest BCUT2D eigenvalue weighted by Gasteiger charge is 2.23. The number of nitrogens with one attached hydrogen (secondary N) is 1. The number of benzene rings is 2. The third-order valence-corrected chi connectivity index (χ3v) is 5.21. The van der Waals surface area contributed by atoms with E-state index in [9.17, 15) is 4.79 Å². The monoisotopic (exact) mass is 341 g/mol. The largest absolute Gasteiger partial charge is 0.281 e. The van der Waals surface area contributed by atoms with Crippen molar-refractivity contribution in [2.45, 2.75) is 25.7 Å². The number of hydrogen-bond donors (Lipinski definition) is 1. The van der Waals surface area contributed by atoms with Crippen molar-refractivity contribution in [2.75, 3.05) is 0 Å². The van der Waals surface area contributed by atoms with E-state index >= 15 is 0 Å². The van der Waals surface area contributed by atoms with Gasteiger partial charge < -0.3 is 0 Å². The lowest BCUT2D eigenvalue weighted by Crippen LogP contribution is -2.16. The zero-order valence-electron chi connectivity index (χ0n) is 14.4. The molecular formula is C22H19N3O. The second-order valence-electron chi connectivity index (χ2n) is 6.80. The number of hydrogen-bond acceptors (Lipinski definition) is 2. The number of H-pyrrole nitrogens is 1. The Morgan fingerprint density at radius 3 is 2.23 bits per heavy atom. The lowest BCUT2D eigenvalue weighted by atomic mass is 9.87. The standard InChI is InChI=1S/C22H19N3O/c26-22-19-17-13-7-8-14-18(17)20(15-9-3-1-4-10-15)23-21(19)24-25(22)16-11-5-2-6-12-16/h1-6,9-12H,7-8,13-14H2,(H,23,24). The molecule has 0 unspecified atom stereocenters. The third-order valence-electron chi connectivity index (χ3n) is 5.21. The van der Waals surface area contributed by atoms with Crippen LogP contribution in [0.4, 0.5) is 0 Å². The molecule has 0 saturated heterocycles. The fraction of sp³-hybridized carbons (Fsp3) is 0.182. The molecule has 0 bridgehead atoms. The van der Waals surface area contributed by atoms with Crippen molar-refractivity contribution in [3.05, 3.63) is 82.1 Å². The molecule has 0 saturated carbocycles. The zero-order valence-corrected chi connectivity index (χ0v) is 14.4. The molecule has 1 aliphatic rings. The topological polar surface area (TPSA) is 50.7 Å². The predicted molar refractivity (Wildman–Crippen MR) is 104 cm³/mol. The van der Waals surface area contributed by atoms with Crippen molar-refractivity contribution in [3.63, 3.8) is 0 Å². The number of nitrogens with zero attached hydrogens (tertiary/aromatic N) is 2. The highest BCUT2D eigenvalue weighted by Crippen LogP contribution is 2.33. The summed E-state index contributed by atoms with van der Waals surface area (Å²) in [6.45, 7) is 0. The molecule has 5 rings (SSSR count). The van der Waals surface area contributed by atoms with E-state index in [2.05, 4.69) is 17.2 Å². The molecule has 0 atom stereocenters. The van der Waals surface area contributed by atoms with Crippen molar-refractivity contribution < 1.29 is 0 Å². The summed E-state index contributed by atoms with van der Waals surface area (Å²) in [6.07, 6.45) is 4.20. The van der Waals surface area contributed by atoms with Gasteiger partial charge in [-0.3, -0.25) is 9.89 Å². The minimum absolute atomic E-state index is 0.00328. The maximum atomic E-state index is 13.1. The van der Waals surface area contributed by atoms with Gasteiger partial charge in [-0.2, -0.15) is 0 Å². The van der Waals surface area contributed by atoms with E-state index in [-0.39, 0.29) is 5.56 Å². The fourth-order valence-corrected chi connectivity index (χ4v) is 3.99. The number of aromatic amines is 1. The lowest BCUT2D eigenvalue weighted by Gasteiger charge is -2.19. The molecule has 26 heavy (non-hydrogen) atoms. The van der Waals surface area contributed by atoms with Crippen LogP contribution in [-0.2, 0) is 12.8 Å². The summed E-state index contributed by atoms with van der Waals surface area (Å²) in [5.41, 5.74) is 6.05. The van der Waals surface area contributed by atoms with Crippen molar-refractivity contribution in [2.24, 2.45) is 0 Å². The average Bonchev–Trinajstić information content (AvgIpc) is 3.05. The molecule has 4 nitrogen and oxygen atoms in total. The lowest BCUT2D eigenvalue weighted by molar-refractivity contribution is 0.689. The van der Waals surface area contributed by atoms with Crippen LogP contribution in [0.2, 0.25) is 0 Å². The summed E-state index contributed by atoms with van der Waals surface area (Å²) < 4.78 is 1.61. The van der Waals surface area contributed by atoms with Crippen LogP contribution in [0.15, 0.2) is 65.5 Å². The normalized spacial score (nSPS) is 13.7. The molecule has 128 valence electrons. The van der Waals surface area contributed by atoms with E-state index in [4.69, 9.17) is 4.98 Å². The summed E-state index contributed by atoms with van der Waals surface area (Å²) in [6, 6.07) is 20.0. The molecule has 2 aromatic heterocycles. The van der Waals surface area contributed by atoms with E-state index < -0.39 is 0 Å².